The summed E-state index contributed by atoms with van der Waals surface area (Å²) >= 11 is 3.23. The van der Waals surface area contributed by atoms with Gasteiger partial charge in [-0.3, -0.25) is 4.79 Å². The van der Waals surface area contributed by atoms with Gasteiger partial charge in [0.25, 0.3) is 0 Å². The van der Waals surface area contributed by atoms with Crippen molar-refractivity contribution in [3.63, 3.8) is 0 Å². The normalized spacial score (nSPS) is 10.4. The van der Waals surface area contributed by atoms with E-state index in [1.54, 1.807) is 18.3 Å². The minimum absolute atomic E-state index is 0.0622. The third-order valence-electron chi connectivity index (χ3n) is 1.68. The van der Waals surface area contributed by atoms with Gasteiger partial charge in [-0.15, -0.1) is 0 Å². The highest BCUT2D eigenvalue weighted by molar-refractivity contribution is 9.10. The molecule has 0 aromatic carbocycles. The molecule has 1 heterocycles. The van der Waals surface area contributed by atoms with Gasteiger partial charge in [0.2, 0.25) is 5.91 Å². The molecule has 82 valence electrons. The lowest BCUT2D eigenvalue weighted by Gasteiger charge is -2.08. The first-order valence-electron chi connectivity index (χ1n) is 4.72. The number of aromatic nitrogens is 1. The highest BCUT2D eigenvalue weighted by Gasteiger charge is 2.02. The predicted octanol–water partition coefficient (Wildman–Crippen LogP) is 1.78. The third-order valence-corrected chi connectivity index (χ3v) is 2.15. The lowest BCUT2D eigenvalue weighted by Crippen LogP contribution is -2.32. The Morgan fingerprint density at radius 1 is 1.53 bits per heavy atom. The second-order valence-electron chi connectivity index (χ2n) is 3.45. The molecule has 0 bridgehead atoms. The zero-order valence-electron chi connectivity index (χ0n) is 8.75. The fraction of sp³-hybridized carbons (Fsp3) is 0.400. The Labute approximate surface area is 97.6 Å². The summed E-state index contributed by atoms with van der Waals surface area (Å²) in [7, 11) is 0. The molecule has 0 saturated carbocycles. The number of anilines is 1. The van der Waals surface area contributed by atoms with Gasteiger partial charge in [0.05, 0.1) is 18.4 Å². The molecule has 1 rings (SSSR count). The maximum atomic E-state index is 11.4. The smallest absolute Gasteiger partial charge is 0.238 e. The number of pyridine rings is 1. The summed E-state index contributed by atoms with van der Waals surface area (Å²) in [6.07, 6.45) is 1.61. The van der Waals surface area contributed by atoms with E-state index in [9.17, 15) is 4.79 Å². The van der Waals surface area contributed by atoms with Crippen LogP contribution in [-0.4, -0.2) is 23.5 Å². The lowest BCUT2D eigenvalue weighted by molar-refractivity contribution is -0.115. The summed E-state index contributed by atoms with van der Waals surface area (Å²) in [4.78, 5) is 15.4. The molecule has 1 amide bonds. The summed E-state index contributed by atoms with van der Waals surface area (Å²) < 4.78 is 0.751. The number of rotatable bonds is 4. The molecule has 0 aliphatic heterocycles. The average Bonchev–Trinajstić information content (AvgIpc) is 2.19. The van der Waals surface area contributed by atoms with Crippen LogP contribution in [0.4, 0.5) is 5.69 Å². The minimum atomic E-state index is -0.0622. The van der Waals surface area contributed by atoms with Crippen LogP contribution in [0.5, 0.6) is 0 Å². The molecule has 15 heavy (non-hydrogen) atoms. The van der Waals surface area contributed by atoms with Gasteiger partial charge >= 0.3 is 0 Å². The Kier molecular flexibility index (Phi) is 4.71. The van der Waals surface area contributed by atoms with Crippen molar-refractivity contribution in [3.8, 4) is 0 Å². The molecule has 0 aliphatic rings. The Balaban J connectivity index is 2.41. The van der Waals surface area contributed by atoms with Crippen LogP contribution in [0.3, 0.4) is 0 Å². The molecule has 4 nitrogen and oxygen atoms in total. The van der Waals surface area contributed by atoms with Gasteiger partial charge < -0.3 is 10.6 Å². The topological polar surface area (TPSA) is 54.0 Å². The van der Waals surface area contributed by atoms with Crippen LogP contribution in [0.2, 0.25) is 0 Å². The van der Waals surface area contributed by atoms with Crippen molar-refractivity contribution in [2.75, 3.05) is 11.9 Å². The van der Waals surface area contributed by atoms with Crippen LogP contribution in [0.1, 0.15) is 13.8 Å². The van der Waals surface area contributed by atoms with Crippen molar-refractivity contribution in [1.29, 1.82) is 0 Å². The van der Waals surface area contributed by atoms with Gasteiger partial charge in [0.15, 0.2) is 0 Å². The number of nitrogens with zero attached hydrogens (tertiary/aromatic N) is 1. The second-order valence-corrected chi connectivity index (χ2v) is 4.27. The van der Waals surface area contributed by atoms with Crippen molar-refractivity contribution in [1.82, 2.24) is 10.3 Å². The van der Waals surface area contributed by atoms with Gasteiger partial charge in [-0.2, -0.15) is 0 Å². The minimum Gasteiger partial charge on any atom is -0.324 e. The second kappa shape index (κ2) is 5.82. The maximum absolute atomic E-state index is 11.4. The van der Waals surface area contributed by atoms with Gasteiger partial charge in [0, 0.05) is 6.04 Å². The summed E-state index contributed by atoms with van der Waals surface area (Å²) in [6, 6.07) is 3.88. The predicted molar refractivity (Wildman–Crippen MR) is 63.7 cm³/mol. The quantitative estimate of drug-likeness (QED) is 0.821. The van der Waals surface area contributed by atoms with Crippen molar-refractivity contribution < 1.29 is 4.79 Å². The van der Waals surface area contributed by atoms with Crippen molar-refractivity contribution in [2.24, 2.45) is 0 Å². The summed E-state index contributed by atoms with van der Waals surface area (Å²) in [5, 5.41) is 5.77. The van der Waals surface area contributed by atoms with E-state index in [1.165, 1.54) is 0 Å². The Hall–Kier alpha value is -0.940. The number of carbonyl (C=O) groups is 1. The molecule has 1 aromatic rings. The van der Waals surface area contributed by atoms with Crippen LogP contribution in [0.15, 0.2) is 22.9 Å². The standard InChI is InChI=1S/C10H14BrN3O/c1-7(2)12-6-10(15)14-8-3-4-9(11)13-5-8/h3-5,7,12H,6H2,1-2H3,(H,14,15). The van der Waals surface area contributed by atoms with Crippen LogP contribution < -0.4 is 10.6 Å². The molecule has 0 aliphatic carbocycles. The molecular weight excluding hydrogens is 258 g/mol. The molecule has 0 spiro atoms. The molecule has 0 unspecified atom stereocenters. The van der Waals surface area contributed by atoms with Gasteiger partial charge in [-0.1, -0.05) is 13.8 Å². The maximum Gasteiger partial charge on any atom is 0.238 e. The monoisotopic (exact) mass is 271 g/mol. The van der Waals surface area contributed by atoms with Gasteiger partial charge in [-0.25, -0.2) is 4.98 Å². The zero-order valence-corrected chi connectivity index (χ0v) is 10.3. The van der Waals surface area contributed by atoms with Crippen LogP contribution in [-0.2, 0) is 4.79 Å². The molecule has 0 radical (unpaired) electrons. The SMILES string of the molecule is CC(C)NCC(=O)Nc1ccc(Br)nc1. The highest BCUT2D eigenvalue weighted by atomic mass is 79.9. The first-order valence-corrected chi connectivity index (χ1v) is 5.52. The number of hydrogen-bond donors (Lipinski definition) is 2. The zero-order chi connectivity index (χ0) is 11.3. The van der Waals surface area contributed by atoms with E-state index >= 15 is 0 Å². The first-order chi connectivity index (χ1) is 7.08. The molecular formula is C10H14BrN3O. The molecule has 1 aromatic heterocycles. The average molecular weight is 272 g/mol. The Morgan fingerprint density at radius 2 is 2.27 bits per heavy atom. The Bertz CT molecular complexity index is 324. The van der Waals surface area contributed by atoms with E-state index in [4.69, 9.17) is 0 Å². The van der Waals surface area contributed by atoms with Gasteiger partial charge in [0.1, 0.15) is 4.60 Å². The molecule has 2 N–H and O–H groups in total. The number of halogens is 1. The molecule has 0 saturated heterocycles. The summed E-state index contributed by atoms with van der Waals surface area (Å²) in [6.45, 7) is 4.30. The number of carbonyl (C=O) groups excluding carboxylic acids is 1. The van der Waals surface area contributed by atoms with E-state index in [2.05, 4.69) is 31.5 Å². The van der Waals surface area contributed by atoms with E-state index in [0.29, 0.717) is 18.3 Å². The fourth-order valence-electron chi connectivity index (χ4n) is 0.952. The van der Waals surface area contributed by atoms with Crippen molar-refractivity contribution in [2.45, 2.75) is 19.9 Å². The van der Waals surface area contributed by atoms with E-state index in [1.807, 2.05) is 13.8 Å². The summed E-state index contributed by atoms with van der Waals surface area (Å²) in [5.41, 5.74) is 0.703. The largest absolute Gasteiger partial charge is 0.324 e. The molecule has 5 heteroatoms. The molecule has 0 fully saturated rings. The lowest BCUT2D eigenvalue weighted by atomic mass is 10.4. The third kappa shape index (κ3) is 4.90. The van der Waals surface area contributed by atoms with E-state index in [0.717, 1.165) is 4.60 Å². The highest BCUT2D eigenvalue weighted by Crippen LogP contribution is 2.09. The van der Waals surface area contributed by atoms with Crippen molar-refractivity contribution >= 4 is 27.5 Å². The van der Waals surface area contributed by atoms with Crippen LogP contribution >= 0.6 is 15.9 Å². The van der Waals surface area contributed by atoms with Crippen molar-refractivity contribution in [3.05, 3.63) is 22.9 Å². The van der Waals surface area contributed by atoms with Crippen LogP contribution in [0.25, 0.3) is 0 Å². The van der Waals surface area contributed by atoms with E-state index in [-0.39, 0.29) is 5.91 Å². The van der Waals surface area contributed by atoms with Gasteiger partial charge in [-0.05, 0) is 28.1 Å². The molecule has 0 atom stereocenters. The number of amides is 1. The number of hydrogen-bond acceptors (Lipinski definition) is 3. The van der Waals surface area contributed by atoms with Crippen LogP contribution in [0, 0.1) is 0 Å². The first kappa shape index (κ1) is 12.1. The number of nitrogens with one attached hydrogen (secondary N) is 2. The fourth-order valence-corrected chi connectivity index (χ4v) is 1.19. The summed E-state index contributed by atoms with van der Waals surface area (Å²) in [5.74, 6) is -0.0622. The van der Waals surface area contributed by atoms with E-state index < -0.39 is 0 Å². The Morgan fingerprint density at radius 3 is 2.80 bits per heavy atom.